The third-order valence-corrected chi connectivity index (χ3v) is 7.69. The normalized spacial score (nSPS) is 15.2. The number of esters is 1. The summed E-state index contributed by atoms with van der Waals surface area (Å²) in [5.41, 5.74) is 2.33. The molecular formula is C31H30N2O5S. The van der Waals surface area contributed by atoms with E-state index in [4.69, 9.17) is 19.2 Å². The minimum absolute atomic E-state index is 0.210. The molecule has 7 nitrogen and oxygen atoms in total. The number of thiazole rings is 1. The van der Waals surface area contributed by atoms with Gasteiger partial charge in [0.1, 0.15) is 17.5 Å². The molecule has 1 aromatic heterocycles. The highest BCUT2D eigenvalue weighted by atomic mass is 32.1. The minimum atomic E-state index is -0.768. The first-order valence-corrected chi connectivity index (χ1v) is 13.7. The fraction of sp³-hybridized carbons (Fsp3) is 0.258. The number of fused-ring (bicyclic) bond motifs is 2. The summed E-state index contributed by atoms with van der Waals surface area (Å²) in [6, 6.07) is 18.5. The van der Waals surface area contributed by atoms with Gasteiger partial charge in [-0.2, -0.15) is 0 Å². The first-order valence-electron chi connectivity index (χ1n) is 12.9. The average Bonchev–Trinajstić information content (AvgIpc) is 3.26. The van der Waals surface area contributed by atoms with Crippen molar-refractivity contribution in [3.63, 3.8) is 0 Å². The van der Waals surface area contributed by atoms with E-state index in [1.54, 1.807) is 25.7 Å². The lowest BCUT2D eigenvalue weighted by Gasteiger charge is -2.28. The highest BCUT2D eigenvalue weighted by Gasteiger charge is 2.37. The molecule has 0 saturated heterocycles. The lowest BCUT2D eigenvalue weighted by atomic mass is 9.90. The van der Waals surface area contributed by atoms with Gasteiger partial charge in [0, 0.05) is 5.56 Å². The zero-order valence-corrected chi connectivity index (χ0v) is 23.2. The largest absolute Gasteiger partial charge is 0.497 e. The van der Waals surface area contributed by atoms with Gasteiger partial charge in [0.05, 0.1) is 36.6 Å². The van der Waals surface area contributed by atoms with E-state index in [1.165, 1.54) is 11.3 Å². The van der Waals surface area contributed by atoms with E-state index < -0.39 is 12.0 Å². The maximum atomic E-state index is 14.1. The van der Waals surface area contributed by atoms with Crippen LogP contribution in [0.25, 0.3) is 16.8 Å². The Kier molecular flexibility index (Phi) is 7.65. The van der Waals surface area contributed by atoms with Crippen LogP contribution in [0, 0.1) is 0 Å². The van der Waals surface area contributed by atoms with E-state index in [0.29, 0.717) is 38.5 Å². The van der Waals surface area contributed by atoms with Crippen LogP contribution in [0.1, 0.15) is 43.9 Å². The molecule has 0 aliphatic carbocycles. The van der Waals surface area contributed by atoms with E-state index >= 15 is 0 Å². The number of rotatable bonds is 8. The molecule has 0 bridgehead atoms. The maximum Gasteiger partial charge on any atom is 0.338 e. The zero-order chi connectivity index (χ0) is 27.5. The number of carbonyl (C=O) groups is 1. The van der Waals surface area contributed by atoms with Crippen LogP contribution in [0.4, 0.5) is 0 Å². The zero-order valence-electron chi connectivity index (χ0n) is 22.4. The monoisotopic (exact) mass is 542 g/mol. The molecule has 1 aliphatic rings. The van der Waals surface area contributed by atoms with E-state index in [2.05, 4.69) is 0 Å². The van der Waals surface area contributed by atoms with Gasteiger partial charge in [0.2, 0.25) is 0 Å². The van der Waals surface area contributed by atoms with E-state index in [-0.39, 0.29) is 12.2 Å². The number of allylic oxidation sites excluding steroid dienone is 1. The van der Waals surface area contributed by atoms with Crippen LogP contribution < -0.4 is 24.4 Å². The second kappa shape index (κ2) is 11.3. The second-order valence-corrected chi connectivity index (χ2v) is 10.1. The Morgan fingerprint density at radius 2 is 1.87 bits per heavy atom. The molecule has 4 aromatic rings. The Hall–Kier alpha value is -4.17. The molecule has 1 atom stereocenters. The fourth-order valence-electron chi connectivity index (χ4n) is 5.01. The van der Waals surface area contributed by atoms with Crippen molar-refractivity contribution in [2.75, 3.05) is 20.8 Å². The van der Waals surface area contributed by atoms with Crippen molar-refractivity contribution in [3.8, 4) is 11.5 Å². The molecule has 39 heavy (non-hydrogen) atoms. The molecule has 3 aromatic carbocycles. The lowest BCUT2D eigenvalue weighted by Crippen LogP contribution is -2.40. The topological polar surface area (TPSA) is 79.1 Å². The van der Waals surface area contributed by atoms with Gasteiger partial charge in [0.25, 0.3) is 5.56 Å². The van der Waals surface area contributed by atoms with Gasteiger partial charge in [-0.15, -0.1) is 0 Å². The van der Waals surface area contributed by atoms with Crippen molar-refractivity contribution >= 4 is 34.2 Å². The van der Waals surface area contributed by atoms with Gasteiger partial charge in [-0.3, -0.25) is 9.36 Å². The van der Waals surface area contributed by atoms with E-state index in [9.17, 15) is 9.59 Å². The number of carbonyl (C=O) groups excluding carboxylic acids is 1. The predicted octanol–water partition coefficient (Wildman–Crippen LogP) is 4.75. The highest BCUT2D eigenvalue weighted by Crippen LogP contribution is 2.41. The molecule has 8 heteroatoms. The van der Waals surface area contributed by atoms with E-state index in [1.807, 2.05) is 73.7 Å². The summed E-state index contributed by atoms with van der Waals surface area (Å²) in [5.74, 6) is 0.803. The number of hydrogen-bond acceptors (Lipinski definition) is 7. The summed E-state index contributed by atoms with van der Waals surface area (Å²) < 4.78 is 18.9. The molecule has 0 unspecified atom stereocenters. The molecular weight excluding hydrogens is 512 g/mol. The number of benzene rings is 3. The molecule has 0 radical (unpaired) electrons. The van der Waals surface area contributed by atoms with Crippen LogP contribution in [0.15, 0.2) is 81.7 Å². The summed E-state index contributed by atoms with van der Waals surface area (Å²) in [6.45, 7) is 4.02. The Labute approximate surface area is 230 Å². The molecule has 5 rings (SSSR count). The molecule has 0 amide bonds. The van der Waals surface area contributed by atoms with Crippen LogP contribution in [-0.4, -0.2) is 31.4 Å². The second-order valence-electron chi connectivity index (χ2n) is 9.09. The number of hydrogen-bond donors (Lipinski definition) is 0. The van der Waals surface area contributed by atoms with Gasteiger partial charge in [-0.25, -0.2) is 9.79 Å². The fourth-order valence-corrected chi connectivity index (χ4v) is 6.03. The Balaban J connectivity index is 1.87. The van der Waals surface area contributed by atoms with Gasteiger partial charge >= 0.3 is 5.97 Å². The van der Waals surface area contributed by atoms with Crippen molar-refractivity contribution in [3.05, 3.63) is 103 Å². The van der Waals surface area contributed by atoms with Gasteiger partial charge in [0.15, 0.2) is 4.80 Å². The summed E-state index contributed by atoms with van der Waals surface area (Å²) in [7, 11) is 3.21. The van der Waals surface area contributed by atoms with Gasteiger partial charge in [-0.05, 0) is 54.0 Å². The van der Waals surface area contributed by atoms with Crippen molar-refractivity contribution in [2.45, 2.75) is 32.7 Å². The summed E-state index contributed by atoms with van der Waals surface area (Å²) in [6.07, 6.45) is 3.18. The summed E-state index contributed by atoms with van der Waals surface area (Å²) >= 11 is 1.30. The van der Waals surface area contributed by atoms with Gasteiger partial charge in [-0.1, -0.05) is 67.1 Å². The first-order chi connectivity index (χ1) is 19.0. The summed E-state index contributed by atoms with van der Waals surface area (Å²) in [5, 5.41) is 1.87. The number of nitrogens with zero attached hydrogens (tertiary/aromatic N) is 2. The quantitative estimate of drug-likeness (QED) is 0.300. The van der Waals surface area contributed by atoms with Crippen molar-refractivity contribution in [2.24, 2.45) is 4.99 Å². The maximum absolute atomic E-state index is 14.1. The lowest BCUT2D eigenvalue weighted by molar-refractivity contribution is -0.139. The standard InChI is InChI=1S/C31H30N2O5S/c1-5-10-23-27(30(35)38-6-2)28(26-22-14-8-7-12-20(22)15-16-24(26)37-4)33-29(34)25(39-31(33)32-23)18-19-11-9-13-21(17-19)36-3/h7-9,11-18,28H,5-6,10H2,1-4H3/b25-18+/t28-/m0/s1. The van der Waals surface area contributed by atoms with Crippen LogP contribution in [-0.2, 0) is 9.53 Å². The Morgan fingerprint density at radius 3 is 2.62 bits per heavy atom. The number of methoxy groups -OCH3 is 2. The highest BCUT2D eigenvalue weighted by molar-refractivity contribution is 7.07. The third-order valence-electron chi connectivity index (χ3n) is 6.71. The smallest absolute Gasteiger partial charge is 0.338 e. The van der Waals surface area contributed by atoms with Crippen molar-refractivity contribution < 1.29 is 19.0 Å². The van der Waals surface area contributed by atoms with Crippen LogP contribution in [0.5, 0.6) is 11.5 Å². The van der Waals surface area contributed by atoms with Crippen LogP contribution >= 0.6 is 11.3 Å². The third kappa shape index (κ3) is 4.88. The number of ether oxygens (including phenoxy) is 3. The van der Waals surface area contributed by atoms with E-state index in [0.717, 1.165) is 28.3 Å². The molecule has 0 N–H and O–H groups in total. The molecule has 200 valence electrons. The number of aromatic nitrogens is 1. The first kappa shape index (κ1) is 26.4. The average molecular weight is 543 g/mol. The molecule has 1 aliphatic heterocycles. The Morgan fingerprint density at radius 1 is 1.05 bits per heavy atom. The van der Waals surface area contributed by atoms with Crippen LogP contribution in [0.2, 0.25) is 0 Å². The predicted molar refractivity (Wildman–Crippen MR) is 153 cm³/mol. The Bertz CT molecular complexity index is 1770. The molecule has 0 spiro atoms. The molecule has 0 saturated carbocycles. The SMILES string of the molecule is CCCC1=C(C(=O)OCC)[C@H](c2c(OC)ccc3ccccc23)n2c(s/c(=C/c3cccc(OC)c3)c2=O)=N1. The summed E-state index contributed by atoms with van der Waals surface area (Å²) in [4.78, 5) is 33.1. The minimum Gasteiger partial charge on any atom is -0.497 e. The van der Waals surface area contributed by atoms with Crippen molar-refractivity contribution in [1.29, 1.82) is 0 Å². The molecule has 2 heterocycles. The van der Waals surface area contributed by atoms with Crippen LogP contribution in [0.3, 0.4) is 0 Å². The van der Waals surface area contributed by atoms with Gasteiger partial charge < -0.3 is 14.2 Å². The van der Waals surface area contributed by atoms with Crippen molar-refractivity contribution in [1.82, 2.24) is 4.57 Å². The molecule has 0 fully saturated rings.